The molecule has 0 saturated heterocycles. The van der Waals surface area contributed by atoms with Gasteiger partial charge in [0.25, 0.3) is 11.6 Å². The number of nitrogens with one attached hydrogen (secondary N) is 1. The fourth-order valence-electron chi connectivity index (χ4n) is 2.83. The molecule has 0 spiro atoms. The molecule has 5 nitrogen and oxygen atoms in total. The highest BCUT2D eigenvalue weighted by Crippen LogP contribution is 2.12. The Morgan fingerprint density at radius 1 is 0.880 bits per heavy atom. The minimum atomic E-state index is -0.465. The average molecular weight is 348 g/mol. The van der Waals surface area contributed by atoms with Crippen LogP contribution in [0.3, 0.4) is 0 Å². The Kier molecular flexibility index (Phi) is 11.3. The van der Waals surface area contributed by atoms with Crippen molar-refractivity contribution < 1.29 is 9.72 Å². The first-order valence-electron chi connectivity index (χ1n) is 9.67. The number of nitro benzene ring substituents is 1. The number of rotatable bonds is 14. The first-order chi connectivity index (χ1) is 12.1. The van der Waals surface area contributed by atoms with Gasteiger partial charge in [0.15, 0.2) is 0 Å². The molecule has 1 rings (SSSR count). The van der Waals surface area contributed by atoms with Crippen LogP contribution in [0, 0.1) is 10.1 Å². The normalized spacial score (nSPS) is 10.6. The largest absolute Gasteiger partial charge is 0.352 e. The molecule has 1 N–H and O–H groups in total. The minimum absolute atomic E-state index is 0.00177. The van der Waals surface area contributed by atoms with Crippen molar-refractivity contribution in [1.29, 1.82) is 0 Å². The number of hydrogen-bond donors (Lipinski definition) is 1. The molecule has 0 aliphatic heterocycles. The van der Waals surface area contributed by atoms with Gasteiger partial charge in [-0.25, -0.2) is 0 Å². The third-order valence-corrected chi connectivity index (χ3v) is 4.41. The Balaban J connectivity index is 1.98. The predicted octanol–water partition coefficient (Wildman–Crippen LogP) is 5.64. The molecule has 140 valence electrons. The molecule has 0 aromatic heterocycles. The predicted molar refractivity (Wildman–Crippen MR) is 102 cm³/mol. The maximum absolute atomic E-state index is 11.9. The molecule has 1 aromatic rings. The van der Waals surface area contributed by atoms with E-state index < -0.39 is 4.92 Å². The van der Waals surface area contributed by atoms with Crippen molar-refractivity contribution in [2.75, 3.05) is 6.54 Å². The van der Waals surface area contributed by atoms with E-state index in [2.05, 4.69) is 12.2 Å². The highest BCUT2D eigenvalue weighted by atomic mass is 16.6. The minimum Gasteiger partial charge on any atom is -0.352 e. The topological polar surface area (TPSA) is 72.2 Å². The van der Waals surface area contributed by atoms with Crippen LogP contribution in [0.25, 0.3) is 0 Å². The molecule has 0 atom stereocenters. The monoisotopic (exact) mass is 348 g/mol. The summed E-state index contributed by atoms with van der Waals surface area (Å²) in [7, 11) is 0. The Bertz CT molecular complexity index is 500. The van der Waals surface area contributed by atoms with Gasteiger partial charge in [-0.15, -0.1) is 0 Å². The SMILES string of the molecule is CCCCCCCCCCCCCNC(=O)c1ccc([N+](=O)[O-])cc1. The zero-order chi connectivity index (χ0) is 18.3. The lowest BCUT2D eigenvalue weighted by atomic mass is 10.1. The third kappa shape index (κ3) is 9.85. The molecule has 5 heteroatoms. The molecule has 0 saturated carbocycles. The summed E-state index contributed by atoms with van der Waals surface area (Å²) >= 11 is 0. The van der Waals surface area contributed by atoms with Crippen molar-refractivity contribution in [3.8, 4) is 0 Å². The second kappa shape index (κ2) is 13.4. The smallest absolute Gasteiger partial charge is 0.269 e. The lowest BCUT2D eigenvalue weighted by molar-refractivity contribution is -0.384. The first kappa shape index (κ1) is 21.1. The quantitative estimate of drug-likeness (QED) is 0.269. The number of hydrogen-bond acceptors (Lipinski definition) is 3. The molecule has 1 aromatic carbocycles. The van der Waals surface area contributed by atoms with E-state index in [1.807, 2.05) is 0 Å². The fourth-order valence-corrected chi connectivity index (χ4v) is 2.83. The maximum Gasteiger partial charge on any atom is 0.269 e. The molecular formula is C20H32N2O3. The first-order valence-corrected chi connectivity index (χ1v) is 9.67. The molecular weight excluding hydrogens is 316 g/mol. The second-order valence-electron chi connectivity index (χ2n) is 6.60. The zero-order valence-electron chi connectivity index (χ0n) is 15.5. The number of carbonyl (C=O) groups is 1. The van der Waals surface area contributed by atoms with E-state index in [4.69, 9.17) is 0 Å². The molecule has 25 heavy (non-hydrogen) atoms. The summed E-state index contributed by atoms with van der Waals surface area (Å²) in [4.78, 5) is 22.0. The fraction of sp³-hybridized carbons (Fsp3) is 0.650. The van der Waals surface area contributed by atoms with Gasteiger partial charge in [0, 0.05) is 24.2 Å². The summed E-state index contributed by atoms with van der Waals surface area (Å²) in [6, 6.07) is 5.70. The van der Waals surface area contributed by atoms with Crippen LogP contribution in [0.15, 0.2) is 24.3 Å². The van der Waals surface area contributed by atoms with Gasteiger partial charge in [0.2, 0.25) is 0 Å². The van der Waals surface area contributed by atoms with E-state index in [-0.39, 0.29) is 11.6 Å². The maximum atomic E-state index is 11.9. The third-order valence-electron chi connectivity index (χ3n) is 4.41. The van der Waals surface area contributed by atoms with Crippen LogP contribution in [0.4, 0.5) is 5.69 Å². The van der Waals surface area contributed by atoms with Gasteiger partial charge in [-0.05, 0) is 18.6 Å². The summed E-state index contributed by atoms with van der Waals surface area (Å²) in [5.74, 6) is -0.165. The Labute approximate surface area is 151 Å². The summed E-state index contributed by atoms with van der Waals surface area (Å²) in [5.41, 5.74) is 0.468. The van der Waals surface area contributed by atoms with Gasteiger partial charge in [-0.3, -0.25) is 14.9 Å². The van der Waals surface area contributed by atoms with Crippen LogP contribution in [-0.2, 0) is 0 Å². The number of non-ortho nitro benzene ring substituents is 1. The van der Waals surface area contributed by atoms with Crippen LogP contribution in [-0.4, -0.2) is 17.4 Å². The van der Waals surface area contributed by atoms with Crippen molar-refractivity contribution in [2.24, 2.45) is 0 Å². The number of carbonyl (C=O) groups excluding carboxylic acids is 1. The zero-order valence-corrected chi connectivity index (χ0v) is 15.5. The van der Waals surface area contributed by atoms with Gasteiger partial charge in [-0.1, -0.05) is 71.1 Å². The van der Waals surface area contributed by atoms with E-state index in [1.54, 1.807) is 0 Å². The molecule has 0 aliphatic carbocycles. The highest BCUT2D eigenvalue weighted by molar-refractivity contribution is 5.94. The average Bonchev–Trinajstić information content (AvgIpc) is 2.62. The molecule has 0 unspecified atom stereocenters. The van der Waals surface area contributed by atoms with Crippen LogP contribution in [0.2, 0.25) is 0 Å². The Morgan fingerprint density at radius 3 is 1.84 bits per heavy atom. The number of amides is 1. The van der Waals surface area contributed by atoms with E-state index in [9.17, 15) is 14.9 Å². The van der Waals surface area contributed by atoms with Crippen molar-refractivity contribution >= 4 is 11.6 Å². The summed E-state index contributed by atoms with van der Waals surface area (Å²) < 4.78 is 0. The van der Waals surface area contributed by atoms with E-state index in [1.165, 1.54) is 82.1 Å². The number of benzene rings is 1. The van der Waals surface area contributed by atoms with Gasteiger partial charge < -0.3 is 5.32 Å². The van der Waals surface area contributed by atoms with Gasteiger partial charge >= 0.3 is 0 Å². The Hall–Kier alpha value is -1.91. The standard InChI is InChI=1S/C20H32N2O3/c1-2-3-4-5-6-7-8-9-10-11-12-17-21-20(23)18-13-15-19(16-14-18)22(24)25/h13-16H,2-12,17H2,1H3,(H,21,23). The highest BCUT2D eigenvalue weighted by Gasteiger charge is 2.08. The van der Waals surface area contributed by atoms with Crippen LogP contribution >= 0.6 is 0 Å². The van der Waals surface area contributed by atoms with Gasteiger partial charge in [0.1, 0.15) is 0 Å². The van der Waals surface area contributed by atoms with Crippen molar-refractivity contribution in [3.05, 3.63) is 39.9 Å². The molecule has 0 bridgehead atoms. The van der Waals surface area contributed by atoms with Crippen LogP contribution in [0.1, 0.15) is 87.9 Å². The molecule has 0 fully saturated rings. The van der Waals surface area contributed by atoms with Crippen molar-refractivity contribution in [2.45, 2.75) is 77.6 Å². The molecule has 0 radical (unpaired) electrons. The van der Waals surface area contributed by atoms with E-state index in [0.29, 0.717) is 12.1 Å². The number of unbranched alkanes of at least 4 members (excludes halogenated alkanes) is 10. The van der Waals surface area contributed by atoms with Gasteiger partial charge in [0.05, 0.1) is 4.92 Å². The van der Waals surface area contributed by atoms with Crippen LogP contribution in [0.5, 0.6) is 0 Å². The van der Waals surface area contributed by atoms with E-state index in [0.717, 1.165) is 12.8 Å². The summed E-state index contributed by atoms with van der Waals surface area (Å²) in [6.07, 6.45) is 14.1. The molecule has 1 amide bonds. The van der Waals surface area contributed by atoms with Gasteiger partial charge in [-0.2, -0.15) is 0 Å². The van der Waals surface area contributed by atoms with Crippen molar-refractivity contribution in [3.63, 3.8) is 0 Å². The second-order valence-corrected chi connectivity index (χ2v) is 6.60. The van der Waals surface area contributed by atoms with Crippen LogP contribution < -0.4 is 5.32 Å². The lowest BCUT2D eigenvalue weighted by Crippen LogP contribution is -2.24. The Morgan fingerprint density at radius 2 is 1.36 bits per heavy atom. The summed E-state index contributed by atoms with van der Waals surface area (Å²) in [5, 5.41) is 13.5. The molecule has 0 heterocycles. The lowest BCUT2D eigenvalue weighted by Gasteiger charge is -2.05. The van der Waals surface area contributed by atoms with E-state index >= 15 is 0 Å². The van der Waals surface area contributed by atoms with Crippen molar-refractivity contribution in [1.82, 2.24) is 5.32 Å². The number of nitro groups is 1. The number of nitrogens with zero attached hydrogens (tertiary/aromatic N) is 1. The molecule has 0 aliphatic rings. The summed E-state index contributed by atoms with van der Waals surface area (Å²) in [6.45, 7) is 2.90.